The molecule has 2 unspecified atom stereocenters. The Bertz CT molecular complexity index is 685. The van der Waals surface area contributed by atoms with Gasteiger partial charge in [0.15, 0.2) is 5.96 Å². The monoisotopic (exact) mass is 444 g/mol. The molecule has 176 valence electrons. The highest BCUT2D eigenvalue weighted by molar-refractivity contribution is 5.79. The summed E-state index contributed by atoms with van der Waals surface area (Å²) in [5.74, 6) is 0.619. The SMILES string of the molecule is CCN(CC)C(CNC(=NC)NCC1(CCO)CCOC1)c1ccc(C(F)(F)F)cc1. The van der Waals surface area contributed by atoms with E-state index in [4.69, 9.17) is 4.74 Å². The third kappa shape index (κ3) is 7.08. The molecule has 6 nitrogen and oxygen atoms in total. The van der Waals surface area contributed by atoms with Gasteiger partial charge in [-0.05, 0) is 43.6 Å². The van der Waals surface area contributed by atoms with Crippen LogP contribution in [0.1, 0.15) is 43.9 Å². The number of aliphatic imine (C=N–C) groups is 1. The molecule has 0 radical (unpaired) electrons. The van der Waals surface area contributed by atoms with E-state index < -0.39 is 11.7 Å². The molecule has 1 saturated heterocycles. The highest BCUT2D eigenvalue weighted by Gasteiger charge is 2.34. The first-order valence-corrected chi connectivity index (χ1v) is 10.8. The number of ether oxygens (including phenoxy) is 1. The van der Waals surface area contributed by atoms with Crippen molar-refractivity contribution in [2.24, 2.45) is 10.4 Å². The number of aliphatic hydroxyl groups is 1. The minimum atomic E-state index is -4.35. The van der Waals surface area contributed by atoms with Crippen LogP contribution < -0.4 is 10.6 Å². The van der Waals surface area contributed by atoms with Gasteiger partial charge in [0, 0.05) is 38.8 Å². The highest BCUT2D eigenvalue weighted by Crippen LogP contribution is 2.32. The van der Waals surface area contributed by atoms with Gasteiger partial charge in [-0.1, -0.05) is 26.0 Å². The number of hydrogen-bond donors (Lipinski definition) is 3. The number of rotatable bonds is 10. The number of halogens is 3. The second kappa shape index (κ2) is 11.7. The smallest absolute Gasteiger partial charge is 0.396 e. The van der Waals surface area contributed by atoms with E-state index in [0.717, 1.165) is 37.2 Å². The molecule has 1 aromatic rings. The Kier molecular flexibility index (Phi) is 9.58. The minimum absolute atomic E-state index is 0.1000. The third-order valence-electron chi connectivity index (χ3n) is 6.02. The Morgan fingerprint density at radius 2 is 1.90 bits per heavy atom. The van der Waals surface area contributed by atoms with Crippen LogP contribution in [0.5, 0.6) is 0 Å². The zero-order valence-electron chi connectivity index (χ0n) is 18.6. The number of aliphatic hydroxyl groups excluding tert-OH is 1. The molecule has 0 aromatic heterocycles. The molecular formula is C22H35F3N4O2. The number of nitrogens with zero attached hydrogens (tertiary/aromatic N) is 2. The summed E-state index contributed by atoms with van der Waals surface area (Å²) in [4.78, 5) is 6.48. The quantitative estimate of drug-likeness (QED) is 0.382. The molecule has 0 bridgehead atoms. The summed E-state index contributed by atoms with van der Waals surface area (Å²) in [5, 5.41) is 16.0. The van der Waals surface area contributed by atoms with Gasteiger partial charge in [-0.3, -0.25) is 9.89 Å². The summed E-state index contributed by atoms with van der Waals surface area (Å²) in [7, 11) is 1.68. The predicted molar refractivity (Wildman–Crippen MR) is 116 cm³/mol. The second-order valence-electron chi connectivity index (χ2n) is 7.94. The largest absolute Gasteiger partial charge is 0.416 e. The lowest BCUT2D eigenvalue weighted by Crippen LogP contribution is -2.47. The number of hydrogen-bond acceptors (Lipinski definition) is 4. The molecule has 1 aliphatic heterocycles. The number of alkyl halides is 3. The van der Waals surface area contributed by atoms with Crippen LogP contribution >= 0.6 is 0 Å². The van der Waals surface area contributed by atoms with Gasteiger partial charge in [0.1, 0.15) is 0 Å². The van der Waals surface area contributed by atoms with Gasteiger partial charge in [0.25, 0.3) is 0 Å². The van der Waals surface area contributed by atoms with E-state index in [1.807, 2.05) is 13.8 Å². The van der Waals surface area contributed by atoms with Crippen LogP contribution in [-0.2, 0) is 10.9 Å². The lowest BCUT2D eigenvalue weighted by atomic mass is 9.84. The summed E-state index contributed by atoms with van der Waals surface area (Å²) in [6.45, 7) is 8.13. The topological polar surface area (TPSA) is 69.1 Å². The Balaban J connectivity index is 2.06. The maximum absolute atomic E-state index is 12.9. The zero-order valence-corrected chi connectivity index (χ0v) is 18.6. The van der Waals surface area contributed by atoms with Crippen LogP contribution in [0.2, 0.25) is 0 Å². The molecule has 1 fully saturated rings. The van der Waals surface area contributed by atoms with Crippen LogP contribution in [-0.4, -0.2) is 69.0 Å². The maximum atomic E-state index is 12.9. The van der Waals surface area contributed by atoms with Gasteiger partial charge >= 0.3 is 6.18 Å². The predicted octanol–water partition coefficient (Wildman–Crippen LogP) is 3.04. The molecule has 2 rings (SSSR count). The van der Waals surface area contributed by atoms with Gasteiger partial charge in [-0.2, -0.15) is 13.2 Å². The number of benzene rings is 1. The van der Waals surface area contributed by atoms with Crippen molar-refractivity contribution in [2.75, 3.05) is 53.0 Å². The lowest BCUT2D eigenvalue weighted by molar-refractivity contribution is -0.137. The average molecular weight is 445 g/mol. The first kappa shape index (κ1) is 25.4. The molecule has 0 spiro atoms. The molecule has 1 aliphatic rings. The van der Waals surface area contributed by atoms with Crippen molar-refractivity contribution in [3.63, 3.8) is 0 Å². The molecular weight excluding hydrogens is 409 g/mol. The summed E-state index contributed by atoms with van der Waals surface area (Å²) in [6.07, 6.45) is -2.81. The van der Waals surface area contributed by atoms with Crippen LogP contribution in [0.25, 0.3) is 0 Å². The standard InChI is InChI=1S/C22H35F3N4O2/c1-4-29(5-2)19(17-6-8-18(9-7-17)22(23,24)25)14-27-20(26-3)28-15-21(10-12-30)11-13-31-16-21/h6-9,19,30H,4-5,10-16H2,1-3H3,(H2,26,27,28). The average Bonchev–Trinajstić information content (AvgIpc) is 3.21. The Labute approximate surface area is 182 Å². The van der Waals surface area contributed by atoms with Crippen molar-refractivity contribution >= 4 is 5.96 Å². The summed E-state index contributed by atoms with van der Waals surface area (Å²) >= 11 is 0. The maximum Gasteiger partial charge on any atom is 0.416 e. The van der Waals surface area contributed by atoms with E-state index in [-0.39, 0.29) is 18.1 Å². The van der Waals surface area contributed by atoms with E-state index in [1.54, 1.807) is 19.2 Å². The first-order chi connectivity index (χ1) is 14.8. The fourth-order valence-corrected chi connectivity index (χ4v) is 4.01. The van der Waals surface area contributed by atoms with E-state index in [0.29, 0.717) is 38.7 Å². The van der Waals surface area contributed by atoms with Crippen LogP contribution in [0.3, 0.4) is 0 Å². The molecule has 1 heterocycles. The van der Waals surface area contributed by atoms with Crippen LogP contribution in [0.15, 0.2) is 29.3 Å². The van der Waals surface area contributed by atoms with E-state index in [9.17, 15) is 18.3 Å². The van der Waals surface area contributed by atoms with E-state index in [1.165, 1.54) is 0 Å². The van der Waals surface area contributed by atoms with E-state index >= 15 is 0 Å². The van der Waals surface area contributed by atoms with Crippen molar-refractivity contribution in [3.05, 3.63) is 35.4 Å². The summed E-state index contributed by atoms with van der Waals surface area (Å²) in [6, 6.07) is 5.28. The van der Waals surface area contributed by atoms with Gasteiger partial charge in [-0.25, -0.2) is 0 Å². The fraction of sp³-hybridized carbons (Fsp3) is 0.682. The molecule has 3 N–H and O–H groups in total. The molecule has 1 aromatic carbocycles. The molecule has 0 saturated carbocycles. The van der Waals surface area contributed by atoms with E-state index in [2.05, 4.69) is 20.5 Å². The number of likely N-dealkylation sites (N-methyl/N-ethyl adjacent to an activating group) is 1. The fourth-order valence-electron chi connectivity index (χ4n) is 4.01. The Hall–Kier alpha value is -1.84. The molecule has 9 heteroatoms. The minimum Gasteiger partial charge on any atom is -0.396 e. The Morgan fingerprint density at radius 1 is 1.23 bits per heavy atom. The number of nitrogens with one attached hydrogen (secondary N) is 2. The Morgan fingerprint density at radius 3 is 2.39 bits per heavy atom. The first-order valence-electron chi connectivity index (χ1n) is 10.8. The van der Waals surface area contributed by atoms with Crippen LogP contribution in [0.4, 0.5) is 13.2 Å². The summed E-state index contributed by atoms with van der Waals surface area (Å²) < 4.78 is 44.3. The van der Waals surface area contributed by atoms with Gasteiger partial charge < -0.3 is 20.5 Å². The third-order valence-corrected chi connectivity index (χ3v) is 6.02. The zero-order chi connectivity index (χ0) is 22.9. The molecule has 0 amide bonds. The number of guanidine groups is 1. The highest BCUT2D eigenvalue weighted by atomic mass is 19.4. The van der Waals surface area contributed by atoms with Crippen molar-refractivity contribution in [1.82, 2.24) is 15.5 Å². The van der Waals surface area contributed by atoms with Crippen molar-refractivity contribution in [3.8, 4) is 0 Å². The van der Waals surface area contributed by atoms with Crippen molar-refractivity contribution in [2.45, 2.75) is 38.9 Å². The molecule has 0 aliphatic carbocycles. The molecule has 2 atom stereocenters. The van der Waals surface area contributed by atoms with Gasteiger partial charge in [0.2, 0.25) is 0 Å². The second-order valence-corrected chi connectivity index (χ2v) is 7.94. The van der Waals surface area contributed by atoms with Gasteiger partial charge in [-0.15, -0.1) is 0 Å². The van der Waals surface area contributed by atoms with Crippen molar-refractivity contribution in [1.29, 1.82) is 0 Å². The van der Waals surface area contributed by atoms with Crippen LogP contribution in [0, 0.1) is 5.41 Å². The van der Waals surface area contributed by atoms with Crippen molar-refractivity contribution < 1.29 is 23.0 Å². The summed E-state index contributed by atoms with van der Waals surface area (Å²) in [5.41, 5.74) is 0.0616. The van der Waals surface area contributed by atoms with Gasteiger partial charge in [0.05, 0.1) is 18.2 Å². The lowest BCUT2D eigenvalue weighted by Gasteiger charge is -2.32. The normalized spacial score (nSPS) is 20.8. The molecule has 31 heavy (non-hydrogen) atoms.